The highest BCUT2D eigenvalue weighted by Gasteiger charge is 2.13. The molecule has 2 aromatic carbocycles. The number of amides is 1. The molecule has 1 heterocycles. The second-order valence-electron chi connectivity index (χ2n) is 5.78. The van der Waals surface area contributed by atoms with Crippen LogP contribution in [-0.4, -0.2) is 41.0 Å². The standard InChI is InChI=1S/C19H14ClF2N3O5S/c20-12-3-1-11(2-4-12)17-24-25-19(30-17)31-10-16(27)28-9-15(26)23-13-5-7-14(8-6-13)29-18(21)22/h1-8,18H,9-10H2,(H,23,26). The van der Waals surface area contributed by atoms with Crippen LogP contribution in [-0.2, 0) is 14.3 Å². The predicted molar refractivity (Wildman–Crippen MR) is 108 cm³/mol. The van der Waals surface area contributed by atoms with Gasteiger partial charge >= 0.3 is 12.6 Å². The summed E-state index contributed by atoms with van der Waals surface area (Å²) >= 11 is 6.79. The van der Waals surface area contributed by atoms with Gasteiger partial charge in [-0.25, -0.2) is 0 Å². The van der Waals surface area contributed by atoms with Crippen LogP contribution in [0.1, 0.15) is 0 Å². The Morgan fingerprint density at radius 1 is 1.10 bits per heavy atom. The van der Waals surface area contributed by atoms with Gasteiger partial charge in [0.2, 0.25) is 5.89 Å². The van der Waals surface area contributed by atoms with Crippen LogP contribution in [0.5, 0.6) is 5.75 Å². The molecule has 162 valence electrons. The molecule has 3 rings (SSSR count). The van der Waals surface area contributed by atoms with Crippen molar-refractivity contribution in [2.24, 2.45) is 0 Å². The lowest BCUT2D eigenvalue weighted by Gasteiger charge is -2.08. The van der Waals surface area contributed by atoms with Crippen molar-refractivity contribution in [3.05, 3.63) is 53.6 Å². The summed E-state index contributed by atoms with van der Waals surface area (Å²) in [6.07, 6.45) is 0. The Hall–Kier alpha value is -3.18. The first-order valence-electron chi connectivity index (χ1n) is 8.61. The van der Waals surface area contributed by atoms with Crippen molar-refractivity contribution in [2.45, 2.75) is 11.8 Å². The SMILES string of the molecule is O=C(COC(=O)CSc1nnc(-c2ccc(Cl)cc2)o1)Nc1ccc(OC(F)F)cc1. The molecule has 0 aliphatic rings. The fourth-order valence-electron chi connectivity index (χ4n) is 2.20. The number of thioether (sulfide) groups is 1. The molecule has 8 nitrogen and oxygen atoms in total. The van der Waals surface area contributed by atoms with Gasteiger partial charge in [0.25, 0.3) is 11.1 Å². The van der Waals surface area contributed by atoms with Gasteiger partial charge in [0.05, 0.1) is 0 Å². The Morgan fingerprint density at radius 3 is 2.48 bits per heavy atom. The summed E-state index contributed by atoms with van der Waals surface area (Å²) in [6, 6.07) is 12.1. The molecule has 0 saturated carbocycles. The minimum Gasteiger partial charge on any atom is -0.455 e. The van der Waals surface area contributed by atoms with E-state index in [9.17, 15) is 18.4 Å². The van der Waals surface area contributed by atoms with Crippen LogP contribution in [0, 0.1) is 0 Å². The van der Waals surface area contributed by atoms with E-state index in [1.807, 2.05) is 0 Å². The van der Waals surface area contributed by atoms with E-state index in [4.69, 9.17) is 20.8 Å². The molecule has 3 aromatic rings. The van der Waals surface area contributed by atoms with Crippen molar-refractivity contribution in [2.75, 3.05) is 17.7 Å². The van der Waals surface area contributed by atoms with Crippen molar-refractivity contribution >= 4 is 40.9 Å². The number of halogens is 3. The van der Waals surface area contributed by atoms with Gasteiger partial charge in [-0.3, -0.25) is 9.59 Å². The van der Waals surface area contributed by atoms with Crippen LogP contribution in [0.15, 0.2) is 58.2 Å². The van der Waals surface area contributed by atoms with Crippen LogP contribution < -0.4 is 10.1 Å². The molecular weight excluding hydrogens is 456 g/mol. The number of carbonyl (C=O) groups is 2. The quantitative estimate of drug-likeness (QED) is 0.366. The van der Waals surface area contributed by atoms with Crippen LogP contribution in [0.2, 0.25) is 5.02 Å². The number of ether oxygens (including phenoxy) is 2. The molecule has 1 aromatic heterocycles. The highest BCUT2D eigenvalue weighted by atomic mass is 35.5. The van der Waals surface area contributed by atoms with E-state index in [1.54, 1.807) is 24.3 Å². The van der Waals surface area contributed by atoms with Gasteiger partial charge in [0.15, 0.2) is 6.61 Å². The Labute approximate surface area is 183 Å². The third-order valence-electron chi connectivity index (χ3n) is 3.54. The summed E-state index contributed by atoms with van der Waals surface area (Å²) in [5.41, 5.74) is 1.01. The number of anilines is 1. The summed E-state index contributed by atoms with van der Waals surface area (Å²) in [4.78, 5) is 23.7. The molecule has 12 heteroatoms. The third kappa shape index (κ3) is 7.23. The van der Waals surface area contributed by atoms with Crippen LogP contribution in [0.4, 0.5) is 14.5 Å². The largest absolute Gasteiger partial charge is 0.455 e. The summed E-state index contributed by atoms with van der Waals surface area (Å²) in [7, 11) is 0. The summed E-state index contributed by atoms with van der Waals surface area (Å²) < 4.78 is 38.8. The topological polar surface area (TPSA) is 104 Å². The maximum absolute atomic E-state index is 12.1. The molecule has 0 saturated heterocycles. The van der Waals surface area contributed by atoms with Crippen molar-refractivity contribution in [1.82, 2.24) is 10.2 Å². The lowest BCUT2D eigenvalue weighted by Crippen LogP contribution is -2.21. The smallest absolute Gasteiger partial charge is 0.387 e. The van der Waals surface area contributed by atoms with E-state index in [1.165, 1.54) is 24.3 Å². The van der Waals surface area contributed by atoms with E-state index in [2.05, 4.69) is 20.3 Å². The van der Waals surface area contributed by atoms with Crippen molar-refractivity contribution in [3.63, 3.8) is 0 Å². The predicted octanol–water partition coefficient (Wildman–Crippen LogP) is 4.27. The lowest BCUT2D eigenvalue weighted by molar-refractivity contribution is -0.144. The molecule has 0 bridgehead atoms. The number of aromatic nitrogens is 2. The normalized spacial score (nSPS) is 10.7. The highest BCUT2D eigenvalue weighted by Crippen LogP contribution is 2.24. The second kappa shape index (κ2) is 10.7. The average Bonchev–Trinajstić information content (AvgIpc) is 3.21. The number of nitrogens with zero attached hydrogens (tertiary/aromatic N) is 2. The Morgan fingerprint density at radius 2 is 1.81 bits per heavy atom. The maximum Gasteiger partial charge on any atom is 0.387 e. The van der Waals surface area contributed by atoms with Crippen LogP contribution >= 0.6 is 23.4 Å². The first kappa shape index (κ1) is 22.5. The highest BCUT2D eigenvalue weighted by molar-refractivity contribution is 7.99. The van der Waals surface area contributed by atoms with Crippen LogP contribution in [0.25, 0.3) is 11.5 Å². The maximum atomic E-state index is 12.1. The van der Waals surface area contributed by atoms with Crippen LogP contribution in [0.3, 0.4) is 0 Å². The Kier molecular flexibility index (Phi) is 7.79. The number of carbonyl (C=O) groups excluding carboxylic acids is 2. The average molecular weight is 470 g/mol. The molecule has 0 fully saturated rings. The summed E-state index contributed by atoms with van der Waals surface area (Å²) in [6.45, 7) is -3.46. The van der Waals surface area contributed by atoms with Gasteiger partial charge in [0.1, 0.15) is 11.5 Å². The first-order chi connectivity index (χ1) is 14.9. The minimum absolute atomic E-state index is 0.0447. The number of hydrogen-bond donors (Lipinski definition) is 1. The molecule has 0 spiro atoms. The zero-order valence-corrected chi connectivity index (χ0v) is 17.2. The second-order valence-corrected chi connectivity index (χ2v) is 7.14. The van der Waals surface area contributed by atoms with E-state index >= 15 is 0 Å². The molecule has 1 amide bonds. The molecule has 0 unspecified atom stereocenters. The molecule has 1 N–H and O–H groups in total. The summed E-state index contributed by atoms with van der Waals surface area (Å²) in [5.74, 6) is -1.17. The van der Waals surface area contributed by atoms with E-state index in [0.29, 0.717) is 16.3 Å². The van der Waals surface area contributed by atoms with Gasteiger partial charge in [-0.05, 0) is 48.5 Å². The third-order valence-corrected chi connectivity index (χ3v) is 4.58. The molecule has 0 aliphatic carbocycles. The minimum atomic E-state index is -2.94. The molecule has 0 aliphatic heterocycles. The molecule has 0 atom stereocenters. The number of esters is 1. The summed E-state index contributed by atoms with van der Waals surface area (Å²) in [5, 5.41) is 10.9. The van der Waals surface area contributed by atoms with E-state index in [-0.39, 0.29) is 22.6 Å². The van der Waals surface area contributed by atoms with Gasteiger partial charge in [-0.2, -0.15) is 8.78 Å². The fraction of sp³-hybridized carbons (Fsp3) is 0.158. The van der Waals surface area contributed by atoms with E-state index in [0.717, 1.165) is 11.8 Å². The number of hydrogen-bond acceptors (Lipinski definition) is 8. The number of benzene rings is 2. The van der Waals surface area contributed by atoms with Gasteiger partial charge in [-0.1, -0.05) is 23.4 Å². The fourth-order valence-corrected chi connectivity index (χ4v) is 2.89. The van der Waals surface area contributed by atoms with Gasteiger partial charge < -0.3 is 19.2 Å². The molecule has 0 radical (unpaired) electrons. The van der Waals surface area contributed by atoms with Crippen molar-refractivity contribution in [3.8, 4) is 17.2 Å². The lowest BCUT2D eigenvalue weighted by atomic mass is 10.2. The van der Waals surface area contributed by atoms with Crippen molar-refractivity contribution in [1.29, 1.82) is 0 Å². The zero-order valence-electron chi connectivity index (χ0n) is 15.6. The van der Waals surface area contributed by atoms with Crippen molar-refractivity contribution < 1.29 is 32.3 Å². The number of alkyl halides is 2. The molecule has 31 heavy (non-hydrogen) atoms. The Balaban J connectivity index is 1.40. The monoisotopic (exact) mass is 469 g/mol. The number of nitrogens with one attached hydrogen (secondary N) is 1. The number of rotatable bonds is 9. The Bertz CT molecular complexity index is 1030. The zero-order chi connectivity index (χ0) is 22.2. The van der Waals surface area contributed by atoms with E-state index < -0.39 is 25.1 Å². The molecular formula is C19H14ClF2N3O5S. The first-order valence-corrected chi connectivity index (χ1v) is 9.98. The van der Waals surface area contributed by atoms with Gasteiger partial charge in [-0.15, -0.1) is 10.2 Å². The van der Waals surface area contributed by atoms with Gasteiger partial charge in [0, 0.05) is 16.3 Å².